The van der Waals surface area contributed by atoms with Gasteiger partial charge in [0.25, 0.3) is 5.69 Å². The van der Waals surface area contributed by atoms with E-state index in [-0.39, 0.29) is 5.69 Å². The molecule has 0 spiro atoms. The lowest BCUT2D eigenvalue weighted by Crippen LogP contribution is -1.95. The summed E-state index contributed by atoms with van der Waals surface area (Å²) in [5.41, 5.74) is 0.221. The van der Waals surface area contributed by atoms with Crippen LogP contribution in [0.4, 0.5) is 5.69 Å². The van der Waals surface area contributed by atoms with E-state index in [1.807, 2.05) is 0 Å². The third kappa shape index (κ3) is 2.16. The van der Waals surface area contributed by atoms with Crippen LogP contribution in [-0.4, -0.2) is 11.1 Å². The Morgan fingerprint density at radius 2 is 2.31 bits per heavy atom. The van der Waals surface area contributed by atoms with E-state index in [1.165, 1.54) is 24.4 Å². The highest BCUT2D eigenvalue weighted by Crippen LogP contribution is 2.20. The van der Waals surface area contributed by atoms with Crippen molar-refractivity contribution in [2.24, 2.45) is 10.9 Å². The van der Waals surface area contributed by atoms with Crippen LogP contribution in [0.15, 0.2) is 23.3 Å². The summed E-state index contributed by atoms with van der Waals surface area (Å²) in [5.74, 6) is 4.88. The summed E-state index contributed by atoms with van der Waals surface area (Å²) >= 11 is 5.63. The van der Waals surface area contributed by atoms with Gasteiger partial charge in [-0.15, -0.1) is 0 Å². The minimum atomic E-state index is -0.520. The molecular formula is C7H6ClN3O2. The van der Waals surface area contributed by atoms with Crippen LogP contribution in [0.1, 0.15) is 5.56 Å². The molecule has 13 heavy (non-hydrogen) atoms. The molecule has 0 atom stereocenters. The molecule has 0 heterocycles. The first-order chi connectivity index (χ1) is 6.15. The zero-order valence-electron chi connectivity index (χ0n) is 6.48. The smallest absolute Gasteiger partial charge is 0.278 e. The van der Waals surface area contributed by atoms with Crippen LogP contribution < -0.4 is 5.84 Å². The summed E-state index contributed by atoms with van der Waals surface area (Å²) < 4.78 is 0. The molecule has 0 saturated heterocycles. The van der Waals surface area contributed by atoms with Crippen molar-refractivity contribution >= 4 is 23.5 Å². The Morgan fingerprint density at radius 1 is 1.62 bits per heavy atom. The maximum Gasteiger partial charge on any atom is 0.278 e. The molecule has 0 saturated carbocycles. The van der Waals surface area contributed by atoms with Gasteiger partial charge in [-0.25, -0.2) is 0 Å². The molecule has 1 rings (SSSR count). The SMILES string of the molecule is NN=Cc1cc(Cl)ccc1[N+](=O)[O-]. The predicted molar refractivity (Wildman–Crippen MR) is 49.9 cm³/mol. The first-order valence-electron chi connectivity index (χ1n) is 3.32. The predicted octanol–water partition coefficient (Wildman–Crippen LogP) is 1.54. The Morgan fingerprint density at radius 3 is 2.85 bits per heavy atom. The Labute approximate surface area is 79.0 Å². The lowest BCUT2D eigenvalue weighted by Gasteiger charge is -1.96. The molecule has 0 amide bonds. The van der Waals surface area contributed by atoms with E-state index < -0.39 is 4.92 Å². The molecule has 0 aromatic heterocycles. The summed E-state index contributed by atoms with van der Waals surface area (Å²) in [6.45, 7) is 0. The molecule has 1 aromatic carbocycles. The van der Waals surface area contributed by atoms with Crippen molar-refractivity contribution < 1.29 is 4.92 Å². The number of nitro benzene ring substituents is 1. The fourth-order valence-corrected chi connectivity index (χ4v) is 1.06. The standard InChI is InChI=1S/C7H6ClN3O2/c8-6-1-2-7(11(12)13)5(3-6)4-10-9/h1-4H,9H2. The quantitative estimate of drug-likeness (QED) is 0.340. The molecule has 1 aromatic rings. The second-order valence-corrected chi connectivity index (χ2v) is 2.67. The second kappa shape index (κ2) is 3.86. The van der Waals surface area contributed by atoms with Crippen LogP contribution in [0.5, 0.6) is 0 Å². The fourth-order valence-electron chi connectivity index (χ4n) is 0.875. The number of nitrogens with zero attached hydrogens (tertiary/aromatic N) is 2. The summed E-state index contributed by atoms with van der Waals surface area (Å²) in [6, 6.07) is 4.17. The number of benzene rings is 1. The number of hydrazone groups is 1. The van der Waals surface area contributed by atoms with E-state index >= 15 is 0 Å². The summed E-state index contributed by atoms with van der Waals surface area (Å²) in [6.07, 6.45) is 1.18. The Hall–Kier alpha value is -1.62. The molecule has 2 N–H and O–H groups in total. The van der Waals surface area contributed by atoms with E-state index in [4.69, 9.17) is 17.4 Å². The van der Waals surface area contributed by atoms with E-state index in [2.05, 4.69) is 5.10 Å². The molecule has 0 unspecified atom stereocenters. The number of nitrogens with two attached hydrogens (primary N) is 1. The minimum absolute atomic E-state index is 0.0707. The highest BCUT2D eigenvalue weighted by atomic mass is 35.5. The van der Waals surface area contributed by atoms with Crippen molar-refractivity contribution in [1.82, 2.24) is 0 Å². The molecule has 0 aliphatic heterocycles. The normalized spacial score (nSPS) is 10.5. The van der Waals surface area contributed by atoms with Gasteiger partial charge in [-0.2, -0.15) is 5.10 Å². The van der Waals surface area contributed by atoms with Gasteiger partial charge in [-0.3, -0.25) is 10.1 Å². The largest absolute Gasteiger partial charge is 0.323 e. The Bertz CT molecular complexity index is 365. The van der Waals surface area contributed by atoms with Gasteiger partial charge in [-0.05, 0) is 12.1 Å². The number of halogens is 1. The highest BCUT2D eigenvalue weighted by molar-refractivity contribution is 6.31. The zero-order valence-corrected chi connectivity index (χ0v) is 7.23. The van der Waals surface area contributed by atoms with Gasteiger partial charge < -0.3 is 5.84 Å². The second-order valence-electron chi connectivity index (χ2n) is 2.24. The fraction of sp³-hybridized carbons (Fsp3) is 0. The maximum absolute atomic E-state index is 10.5. The Balaban J connectivity index is 3.26. The number of nitro groups is 1. The molecule has 6 heteroatoms. The van der Waals surface area contributed by atoms with Crippen molar-refractivity contribution in [2.75, 3.05) is 0 Å². The van der Waals surface area contributed by atoms with Crippen molar-refractivity contribution in [3.63, 3.8) is 0 Å². The first-order valence-corrected chi connectivity index (χ1v) is 3.70. The zero-order chi connectivity index (χ0) is 9.84. The highest BCUT2D eigenvalue weighted by Gasteiger charge is 2.11. The average molecular weight is 200 g/mol. The molecule has 68 valence electrons. The topological polar surface area (TPSA) is 81.5 Å². The number of hydrogen-bond donors (Lipinski definition) is 1. The van der Waals surface area contributed by atoms with Crippen LogP contribution in [-0.2, 0) is 0 Å². The van der Waals surface area contributed by atoms with Gasteiger partial charge in [0, 0.05) is 11.1 Å². The van der Waals surface area contributed by atoms with E-state index in [9.17, 15) is 10.1 Å². The molecule has 0 radical (unpaired) electrons. The molecule has 0 bridgehead atoms. The van der Waals surface area contributed by atoms with E-state index in [1.54, 1.807) is 0 Å². The molecule has 0 fully saturated rings. The van der Waals surface area contributed by atoms with Gasteiger partial charge in [0.1, 0.15) is 0 Å². The van der Waals surface area contributed by atoms with Crippen LogP contribution in [0, 0.1) is 10.1 Å². The van der Waals surface area contributed by atoms with Crippen molar-refractivity contribution in [3.05, 3.63) is 38.9 Å². The van der Waals surface area contributed by atoms with Gasteiger partial charge in [0.2, 0.25) is 0 Å². The van der Waals surface area contributed by atoms with Gasteiger partial charge in [0.15, 0.2) is 0 Å². The van der Waals surface area contributed by atoms with Crippen molar-refractivity contribution in [3.8, 4) is 0 Å². The van der Waals surface area contributed by atoms with E-state index in [0.29, 0.717) is 10.6 Å². The Kier molecular flexibility index (Phi) is 2.81. The lowest BCUT2D eigenvalue weighted by atomic mass is 10.2. The van der Waals surface area contributed by atoms with Crippen LogP contribution in [0.2, 0.25) is 5.02 Å². The summed E-state index contributed by atoms with van der Waals surface area (Å²) in [7, 11) is 0. The van der Waals surface area contributed by atoms with Crippen LogP contribution in [0.25, 0.3) is 0 Å². The van der Waals surface area contributed by atoms with Gasteiger partial charge >= 0.3 is 0 Å². The van der Waals surface area contributed by atoms with Crippen molar-refractivity contribution in [1.29, 1.82) is 0 Å². The number of rotatable bonds is 2. The van der Waals surface area contributed by atoms with E-state index in [0.717, 1.165) is 0 Å². The molecular weight excluding hydrogens is 194 g/mol. The van der Waals surface area contributed by atoms with Gasteiger partial charge in [0.05, 0.1) is 16.7 Å². The first kappa shape index (κ1) is 9.47. The average Bonchev–Trinajstić information content (AvgIpc) is 2.04. The van der Waals surface area contributed by atoms with Crippen LogP contribution in [0.3, 0.4) is 0 Å². The minimum Gasteiger partial charge on any atom is -0.323 e. The van der Waals surface area contributed by atoms with Crippen molar-refractivity contribution in [2.45, 2.75) is 0 Å². The summed E-state index contributed by atoms with van der Waals surface area (Å²) in [4.78, 5) is 9.95. The third-order valence-electron chi connectivity index (χ3n) is 1.40. The maximum atomic E-state index is 10.5. The number of hydrogen-bond acceptors (Lipinski definition) is 4. The van der Waals surface area contributed by atoms with Crippen LogP contribution >= 0.6 is 11.6 Å². The third-order valence-corrected chi connectivity index (χ3v) is 1.63. The lowest BCUT2D eigenvalue weighted by molar-refractivity contribution is -0.385. The van der Waals surface area contributed by atoms with Gasteiger partial charge in [-0.1, -0.05) is 11.6 Å². The molecule has 5 nitrogen and oxygen atoms in total. The summed E-state index contributed by atoms with van der Waals surface area (Å²) in [5, 5.41) is 14.1. The molecule has 0 aliphatic carbocycles. The monoisotopic (exact) mass is 199 g/mol. The molecule has 0 aliphatic rings.